The molecule has 128 valence electrons. The van der Waals surface area contributed by atoms with E-state index in [1.807, 2.05) is 6.07 Å². The van der Waals surface area contributed by atoms with Crippen molar-refractivity contribution >= 4 is 35.0 Å². The molecule has 0 aliphatic rings. The number of ether oxygens (including phenoxy) is 1. The van der Waals surface area contributed by atoms with Crippen LogP contribution in [0.2, 0.25) is 10.0 Å². The van der Waals surface area contributed by atoms with E-state index in [1.54, 1.807) is 12.1 Å². The summed E-state index contributed by atoms with van der Waals surface area (Å²) in [5.74, 6) is -0.400. The van der Waals surface area contributed by atoms with Crippen LogP contribution in [-0.4, -0.2) is 18.9 Å². The van der Waals surface area contributed by atoms with Gasteiger partial charge in [0.05, 0.1) is 7.11 Å². The SMILES string of the molecule is CCCCCC(C(=O)CCCC(=O)OC)c1ccc(Cl)cc1Cl. The van der Waals surface area contributed by atoms with E-state index in [0.29, 0.717) is 22.9 Å². The molecular formula is C18H24Cl2O3. The molecule has 0 fully saturated rings. The van der Waals surface area contributed by atoms with Gasteiger partial charge in [-0.05, 0) is 30.5 Å². The maximum absolute atomic E-state index is 12.6. The Bertz CT molecular complexity index is 529. The van der Waals surface area contributed by atoms with Gasteiger partial charge in [0.25, 0.3) is 0 Å². The van der Waals surface area contributed by atoms with Gasteiger partial charge in [-0.25, -0.2) is 0 Å². The van der Waals surface area contributed by atoms with Crippen molar-refractivity contribution in [3.8, 4) is 0 Å². The normalized spacial score (nSPS) is 12.0. The van der Waals surface area contributed by atoms with Gasteiger partial charge >= 0.3 is 5.97 Å². The fourth-order valence-electron chi connectivity index (χ4n) is 2.56. The number of unbranched alkanes of at least 4 members (excludes halogenated alkanes) is 2. The molecule has 3 nitrogen and oxygen atoms in total. The molecule has 0 heterocycles. The highest BCUT2D eigenvalue weighted by Crippen LogP contribution is 2.32. The minimum Gasteiger partial charge on any atom is -0.469 e. The lowest BCUT2D eigenvalue weighted by molar-refractivity contribution is -0.140. The molecule has 0 amide bonds. The van der Waals surface area contributed by atoms with Gasteiger partial charge in [-0.15, -0.1) is 0 Å². The number of hydrogen-bond acceptors (Lipinski definition) is 3. The van der Waals surface area contributed by atoms with Gasteiger partial charge < -0.3 is 4.74 Å². The predicted octanol–water partition coefficient (Wildman–Crippen LogP) is 5.57. The number of ketones is 1. The minimum absolute atomic E-state index is 0.120. The zero-order valence-electron chi connectivity index (χ0n) is 13.7. The van der Waals surface area contributed by atoms with Crippen LogP contribution in [0.1, 0.15) is 63.4 Å². The van der Waals surface area contributed by atoms with Crippen LogP contribution in [-0.2, 0) is 14.3 Å². The van der Waals surface area contributed by atoms with Crippen molar-refractivity contribution in [2.24, 2.45) is 0 Å². The summed E-state index contributed by atoms with van der Waals surface area (Å²) in [6.45, 7) is 2.13. The number of hydrogen-bond donors (Lipinski definition) is 0. The van der Waals surface area contributed by atoms with Crippen LogP contribution in [0.4, 0.5) is 0 Å². The number of halogens is 2. The van der Waals surface area contributed by atoms with E-state index in [4.69, 9.17) is 23.2 Å². The summed E-state index contributed by atoms with van der Waals surface area (Å²) in [5.41, 5.74) is 0.829. The predicted molar refractivity (Wildman–Crippen MR) is 94.2 cm³/mol. The molecule has 0 saturated carbocycles. The van der Waals surface area contributed by atoms with E-state index in [1.165, 1.54) is 7.11 Å². The fraction of sp³-hybridized carbons (Fsp3) is 0.556. The smallest absolute Gasteiger partial charge is 0.305 e. The lowest BCUT2D eigenvalue weighted by Gasteiger charge is -2.18. The van der Waals surface area contributed by atoms with Crippen molar-refractivity contribution in [1.29, 1.82) is 0 Å². The van der Waals surface area contributed by atoms with Crippen LogP contribution in [0.3, 0.4) is 0 Å². The van der Waals surface area contributed by atoms with E-state index >= 15 is 0 Å². The third-order valence-electron chi connectivity index (χ3n) is 3.85. The Hall–Kier alpha value is -1.06. The Morgan fingerprint density at radius 3 is 2.48 bits per heavy atom. The summed E-state index contributed by atoms with van der Waals surface area (Å²) in [6, 6.07) is 5.27. The summed E-state index contributed by atoms with van der Waals surface area (Å²) in [6.07, 6.45) is 5.04. The van der Waals surface area contributed by atoms with Gasteiger partial charge in [-0.3, -0.25) is 9.59 Å². The molecule has 1 unspecified atom stereocenters. The summed E-state index contributed by atoms with van der Waals surface area (Å²) in [4.78, 5) is 23.8. The molecule has 23 heavy (non-hydrogen) atoms. The van der Waals surface area contributed by atoms with Crippen LogP contribution < -0.4 is 0 Å². The molecule has 1 atom stereocenters. The second-order valence-corrected chi connectivity index (χ2v) is 6.45. The van der Waals surface area contributed by atoms with Crippen molar-refractivity contribution in [2.75, 3.05) is 7.11 Å². The number of methoxy groups -OCH3 is 1. The molecule has 5 heteroatoms. The maximum Gasteiger partial charge on any atom is 0.305 e. The summed E-state index contributed by atoms with van der Waals surface area (Å²) < 4.78 is 4.60. The molecule has 0 radical (unpaired) electrons. The summed E-state index contributed by atoms with van der Waals surface area (Å²) in [5, 5.41) is 1.09. The monoisotopic (exact) mass is 358 g/mol. The van der Waals surface area contributed by atoms with Crippen molar-refractivity contribution < 1.29 is 14.3 Å². The van der Waals surface area contributed by atoms with E-state index < -0.39 is 0 Å². The van der Waals surface area contributed by atoms with Gasteiger partial charge in [0.2, 0.25) is 0 Å². The van der Waals surface area contributed by atoms with Crippen molar-refractivity contribution in [1.82, 2.24) is 0 Å². The van der Waals surface area contributed by atoms with Gasteiger partial charge in [0.15, 0.2) is 0 Å². The second kappa shape index (κ2) is 10.7. The molecule has 1 aromatic carbocycles. The van der Waals surface area contributed by atoms with E-state index in [9.17, 15) is 9.59 Å². The van der Waals surface area contributed by atoms with Crippen LogP contribution >= 0.6 is 23.2 Å². The van der Waals surface area contributed by atoms with Crippen LogP contribution in [0.5, 0.6) is 0 Å². The Balaban J connectivity index is 2.78. The maximum atomic E-state index is 12.6. The molecule has 0 bridgehead atoms. The van der Waals surface area contributed by atoms with Crippen LogP contribution in [0.15, 0.2) is 18.2 Å². The molecule has 0 spiro atoms. The van der Waals surface area contributed by atoms with Crippen molar-refractivity contribution in [3.63, 3.8) is 0 Å². The Kier molecular flexibility index (Phi) is 9.27. The van der Waals surface area contributed by atoms with Gasteiger partial charge in [0, 0.05) is 28.8 Å². The number of esters is 1. The quantitative estimate of drug-likeness (QED) is 0.405. The molecular weight excluding hydrogens is 335 g/mol. The molecule has 0 aliphatic carbocycles. The lowest BCUT2D eigenvalue weighted by atomic mass is 9.87. The van der Waals surface area contributed by atoms with Gasteiger partial charge in [-0.1, -0.05) is 55.5 Å². The number of carbonyl (C=O) groups is 2. The highest BCUT2D eigenvalue weighted by atomic mass is 35.5. The third-order valence-corrected chi connectivity index (χ3v) is 4.42. The first kappa shape index (κ1) is 20.0. The zero-order chi connectivity index (χ0) is 17.2. The minimum atomic E-state index is -0.287. The van der Waals surface area contributed by atoms with Crippen molar-refractivity contribution in [3.05, 3.63) is 33.8 Å². The molecule has 0 aliphatic heterocycles. The largest absolute Gasteiger partial charge is 0.469 e. The highest BCUT2D eigenvalue weighted by molar-refractivity contribution is 6.35. The molecule has 1 aromatic rings. The second-order valence-electron chi connectivity index (χ2n) is 5.61. The van der Waals surface area contributed by atoms with Gasteiger partial charge in [0.1, 0.15) is 5.78 Å². The summed E-state index contributed by atoms with van der Waals surface area (Å²) in [7, 11) is 1.35. The summed E-state index contributed by atoms with van der Waals surface area (Å²) >= 11 is 12.2. The number of Topliss-reactive ketones (excluding diaryl/α,β-unsaturated/α-hetero) is 1. The number of carbonyl (C=O) groups excluding carboxylic acids is 2. The first-order valence-corrected chi connectivity index (χ1v) is 8.79. The van der Waals surface area contributed by atoms with Crippen LogP contribution in [0.25, 0.3) is 0 Å². The Morgan fingerprint density at radius 2 is 1.87 bits per heavy atom. The zero-order valence-corrected chi connectivity index (χ0v) is 15.3. The van der Waals surface area contributed by atoms with Gasteiger partial charge in [-0.2, -0.15) is 0 Å². The molecule has 1 rings (SSSR count). The van der Waals surface area contributed by atoms with E-state index in [-0.39, 0.29) is 24.1 Å². The Morgan fingerprint density at radius 1 is 1.13 bits per heavy atom. The van der Waals surface area contributed by atoms with Crippen molar-refractivity contribution in [2.45, 2.75) is 57.8 Å². The Labute approximate surface area is 148 Å². The standard InChI is InChI=1S/C18H24Cl2O3/c1-3-4-5-7-15(14-11-10-13(19)12-16(14)20)17(21)8-6-9-18(22)23-2/h10-12,15H,3-9H2,1-2H3. The first-order chi connectivity index (χ1) is 11.0. The van der Waals surface area contributed by atoms with E-state index in [0.717, 1.165) is 31.2 Å². The first-order valence-electron chi connectivity index (χ1n) is 8.04. The topological polar surface area (TPSA) is 43.4 Å². The fourth-order valence-corrected chi connectivity index (χ4v) is 3.10. The molecule has 0 N–H and O–H groups in total. The molecule has 0 aromatic heterocycles. The molecule has 0 saturated heterocycles. The van der Waals surface area contributed by atoms with E-state index in [2.05, 4.69) is 11.7 Å². The number of rotatable bonds is 10. The van der Waals surface area contributed by atoms with Crippen LogP contribution in [0, 0.1) is 0 Å². The number of benzene rings is 1. The third kappa shape index (κ3) is 6.92. The highest BCUT2D eigenvalue weighted by Gasteiger charge is 2.22. The average Bonchev–Trinajstić information content (AvgIpc) is 2.52. The lowest BCUT2D eigenvalue weighted by Crippen LogP contribution is -2.14. The average molecular weight is 359 g/mol.